The second-order valence-electron chi connectivity index (χ2n) is 3.87. The Morgan fingerprint density at radius 2 is 2.21 bits per heavy atom. The molecular weight excluding hydrogens is 267 g/mol. The fraction of sp³-hybridized carbons (Fsp3) is 0.545. The number of carboxylic acids is 1. The molecule has 5 nitrogen and oxygen atoms in total. The number of nitrogens with one attached hydrogen (secondary N) is 1. The van der Waals surface area contributed by atoms with Crippen LogP contribution >= 0.6 is 0 Å². The molecule has 1 aromatic heterocycles. The standard InChI is InChI=1S/C11H14F3NO4/c1-7-4-8(19-9(7)10(16)17)5-15-2-3-18-6-11(12,13)14/h4,15H,2-3,5-6H2,1H3,(H,16,17). The lowest BCUT2D eigenvalue weighted by Gasteiger charge is -2.07. The molecule has 0 aromatic carbocycles. The number of hydrogen-bond donors (Lipinski definition) is 2. The zero-order valence-electron chi connectivity index (χ0n) is 10.2. The van der Waals surface area contributed by atoms with E-state index in [0.717, 1.165) is 0 Å². The maximum absolute atomic E-state index is 11.7. The molecule has 0 radical (unpaired) electrons. The lowest BCUT2D eigenvalue weighted by molar-refractivity contribution is -0.173. The monoisotopic (exact) mass is 281 g/mol. The third kappa shape index (κ3) is 5.75. The Morgan fingerprint density at radius 1 is 1.53 bits per heavy atom. The number of halogens is 3. The molecule has 0 amide bonds. The maximum Gasteiger partial charge on any atom is 0.411 e. The number of ether oxygens (including phenoxy) is 1. The van der Waals surface area contributed by atoms with Crippen LogP contribution in [0, 0.1) is 6.92 Å². The van der Waals surface area contributed by atoms with E-state index in [1.807, 2.05) is 0 Å². The number of aromatic carboxylic acids is 1. The summed E-state index contributed by atoms with van der Waals surface area (Å²) in [4.78, 5) is 10.7. The van der Waals surface area contributed by atoms with E-state index in [4.69, 9.17) is 9.52 Å². The normalized spacial score (nSPS) is 11.8. The van der Waals surface area contributed by atoms with Crippen LogP contribution in [0.1, 0.15) is 21.9 Å². The molecule has 0 fully saturated rings. The Kier molecular flexibility index (Phi) is 5.37. The Bertz CT molecular complexity index is 428. The fourth-order valence-corrected chi connectivity index (χ4v) is 1.39. The Balaban J connectivity index is 2.23. The second-order valence-corrected chi connectivity index (χ2v) is 3.87. The molecule has 1 rings (SSSR count). The highest BCUT2D eigenvalue weighted by Crippen LogP contribution is 2.15. The molecule has 0 unspecified atom stereocenters. The van der Waals surface area contributed by atoms with E-state index in [2.05, 4.69) is 10.1 Å². The first-order valence-corrected chi connectivity index (χ1v) is 5.47. The molecule has 0 spiro atoms. The Morgan fingerprint density at radius 3 is 2.74 bits per heavy atom. The fourth-order valence-electron chi connectivity index (χ4n) is 1.39. The molecule has 108 valence electrons. The number of furan rings is 1. The molecule has 8 heteroatoms. The van der Waals surface area contributed by atoms with Gasteiger partial charge in [-0.1, -0.05) is 0 Å². The summed E-state index contributed by atoms with van der Waals surface area (Å²) in [6, 6.07) is 1.56. The van der Waals surface area contributed by atoms with Gasteiger partial charge in [-0.3, -0.25) is 0 Å². The molecule has 0 bridgehead atoms. The molecule has 0 atom stereocenters. The first-order chi connectivity index (χ1) is 8.79. The highest BCUT2D eigenvalue weighted by Gasteiger charge is 2.27. The van der Waals surface area contributed by atoms with E-state index < -0.39 is 18.8 Å². The molecular formula is C11H14F3NO4. The van der Waals surface area contributed by atoms with Crippen LogP contribution < -0.4 is 5.32 Å². The highest BCUT2D eigenvalue weighted by molar-refractivity contribution is 5.86. The van der Waals surface area contributed by atoms with Crippen LogP contribution in [0.15, 0.2) is 10.5 Å². The van der Waals surface area contributed by atoms with E-state index in [0.29, 0.717) is 11.3 Å². The minimum atomic E-state index is -4.32. The SMILES string of the molecule is Cc1cc(CNCCOCC(F)(F)F)oc1C(=O)O. The van der Waals surface area contributed by atoms with Gasteiger partial charge in [0.05, 0.1) is 13.2 Å². The zero-order chi connectivity index (χ0) is 14.5. The van der Waals surface area contributed by atoms with Crippen molar-refractivity contribution in [1.29, 1.82) is 0 Å². The van der Waals surface area contributed by atoms with Gasteiger partial charge in [0.2, 0.25) is 5.76 Å². The quantitative estimate of drug-likeness (QED) is 0.747. The van der Waals surface area contributed by atoms with Gasteiger partial charge in [0.25, 0.3) is 0 Å². The third-order valence-electron chi connectivity index (χ3n) is 2.15. The van der Waals surface area contributed by atoms with E-state index in [-0.39, 0.29) is 25.5 Å². The minimum Gasteiger partial charge on any atom is -0.475 e. The van der Waals surface area contributed by atoms with Crippen molar-refractivity contribution in [2.45, 2.75) is 19.6 Å². The van der Waals surface area contributed by atoms with E-state index >= 15 is 0 Å². The second kappa shape index (κ2) is 6.58. The summed E-state index contributed by atoms with van der Waals surface area (Å²) in [5, 5.41) is 11.5. The topological polar surface area (TPSA) is 71.7 Å². The maximum atomic E-state index is 11.7. The average molecular weight is 281 g/mol. The third-order valence-corrected chi connectivity index (χ3v) is 2.15. The van der Waals surface area contributed by atoms with E-state index in [9.17, 15) is 18.0 Å². The van der Waals surface area contributed by atoms with Gasteiger partial charge in [0.15, 0.2) is 0 Å². The van der Waals surface area contributed by atoms with Crippen molar-refractivity contribution in [2.24, 2.45) is 0 Å². The van der Waals surface area contributed by atoms with E-state index in [1.165, 1.54) is 0 Å². The molecule has 0 saturated carbocycles. The molecule has 1 heterocycles. The van der Waals surface area contributed by atoms with Gasteiger partial charge in [-0.05, 0) is 13.0 Å². The number of alkyl halides is 3. The summed E-state index contributed by atoms with van der Waals surface area (Å²) in [6.45, 7) is 0.660. The van der Waals surface area contributed by atoms with Crippen LogP contribution in [0.2, 0.25) is 0 Å². The largest absolute Gasteiger partial charge is 0.475 e. The van der Waals surface area contributed by atoms with Crippen LogP contribution in [0.3, 0.4) is 0 Å². The molecule has 0 saturated heterocycles. The number of aryl methyl sites for hydroxylation is 1. The van der Waals surface area contributed by atoms with Crippen molar-refractivity contribution in [3.8, 4) is 0 Å². The number of carboxylic acid groups (broad SMARTS) is 1. The van der Waals surface area contributed by atoms with Crippen LogP contribution in [0.25, 0.3) is 0 Å². The van der Waals surface area contributed by atoms with Crippen LogP contribution in [-0.4, -0.2) is 37.0 Å². The van der Waals surface area contributed by atoms with Gasteiger partial charge in [-0.2, -0.15) is 13.2 Å². The van der Waals surface area contributed by atoms with Gasteiger partial charge in [0.1, 0.15) is 12.4 Å². The van der Waals surface area contributed by atoms with Gasteiger partial charge in [-0.25, -0.2) is 4.79 Å². The first kappa shape index (κ1) is 15.5. The van der Waals surface area contributed by atoms with Crippen molar-refractivity contribution < 1.29 is 32.2 Å². The summed E-state index contributed by atoms with van der Waals surface area (Å²) >= 11 is 0. The van der Waals surface area contributed by atoms with Gasteiger partial charge in [-0.15, -0.1) is 0 Å². The van der Waals surface area contributed by atoms with Crippen molar-refractivity contribution in [3.63, 3.8) is 0 Å². The predicted molar refractivity (Wildman–Crippen MR) is 59.0 cm³/mol. The molecule has 2 N–H and O–H groups in total. The number of hydrogen-bond acceptors (Lipinski definition) is 4. The van der Waals surface area contributed by atoms with Crippen LogP contribution in [-0.2, 0) is 11.3 Å². The average Bonchev–Trinajstić information content (AvgIpc) is 2.63. The van der Waals surface area contributed by atoms with Crippen molar-refractivity contribution in [2.75, 3.05) is 19.8 Å². The molecule has 1 aromatic rings. The van der Waals surface area contributed by atoms with Crippen molar-refractivity contribution >= 4 is 5.97 Å². The summed E-state index contributed by atoms with van der Waals surface area (Å²) in [5.41, 5.74) is 0.498. The Hall–Kier alpha value is -1.54. The summed E-state index contributed by atoms with van der Waals surface area (Å²) < 4.78 is 44.7. The molecule has 0 aliphatic heterocycles. The lowest BCUT2D eigenvalue weighted by atomic mass is 10.2. The van der Waals surface area contributed by atoms with E-state index in [1.54, 1.807) is 13.0 Å². The Labute approximate surface area is 107 Å². The summed E-state index contributed by atoms with van der Waals surface area (Å²) in [6.07, 6.45) is -4.32. The molecule has 0 aliphatic carbocycles. The van der Waals surface area contributed by atoms with Gasteiger partial charge < -0.3 is 19.6 Å². The van der Waals surface area contributed by atoms with Gasteiger partial charge in [0, 0.05) is 12.1 Å². The molecule has 0 aliphatic rings. The van der Waals surface area contributed by atoms with Crippen molar-refractivity contribution in [1.82, 2.24) is 5.32 Å². The van der Waals surface area contributed by atoms with Gasteiger partial charge >= 0.3 is 12.1 Å². The lowest BCUT2D eigenvalue weighted by Crippen LogP contribution is -2.23. The zero-order valence-corrected chi connectivity index (χ0v) is 10.2. The van der Waals surface area contributed by atoms with Crippen LogP contribution in [0.4, 0.5) is 13.2 Å². The first-order valence-electron chi connectivity index (χ1n) is 5.47. The number of carbonyl (C=O) groups is 1. The smallest absolute Gasteiger partial charge is 0.411 e. The molecule has 19 heavy (non-hydrogen) atoms. The highest BCUT2D eigenvalue weighted by atomic mass is 19.4. The predicted octanol–water partition coefficient (Wildman–Crippen LogP) is 1.95. The summed E-state index contributed by atoms with van der Waals surface area (Å²) in [5.74, 6) is -0.881. The number of rotatable bonds is 7. The summed E-state index contributed by atoms with van der Waals surface area (Å²) in [7, 11) is 0. The van der Waals surface area contributed by atoms with Crippen LogP contribution in [0.5, 0.6) is 0 Å². The van der Waals surface area contributed by atoms with Crippen molar-refractivity contribution in [3.05, 3.63) is 23.2 Å². The minimum absolute atomic E-state index is 0.0923.